The van der Waals surface area contributed by atoms with Crippen molar-refractivity contribution in [2.24, 2.45) is 7.05 Å². The van der Waals surface area contributed by atoms with Gasteiger partial charge in [0.1, 0.15) is 5.52 Å². The van der Waals surface area contributed by atoms with Gasteiger partial charge in [0.2, 0.25) is 0 Å². The highest BCUT2D eigenvalue weighted by molar-refractivity contribution is 5.71. The van der Waals surface area contributed by atoms with Crippen molar-refractivity contribution in [3.8, 4) is 0 Å². The molecule has 2 rings (SSSR count). The Balaban J connectivity index is 2.63. The van der Waals surface area contributed by atoms with Crippen molar-refractivity contribution >= 4 is 11.2 Å². The van der Waals surface area contributed by atoms with Crippen LogP contribution in [0.25, 0.3) is 11.2 Å². The number of alkyl halides is 2. The Kier molecular flexibility index (Phi) is 1.77. The number of aryl methyl sites for hydroxylation is 1. The lowest BCUT2D eigenvalue weighted by Gasteiger charge is -2.09. The van der Waals surface area contributed by atoms with Crippen molar-refractivity contribution in [3.05, 3.63) is 24.2 Å². The quantitative estimate of drug-likeness (QED) is 0.700. The van der Waals surface area contributed by atoms with E-state index in [1.54, 1.807) is 17.9 Å². The van der Waals surface area contributed by atoms with Gasteiger partial charge in [-0.25, -0.2) is 18.7 Å². The van der Waals surface area contributed by atoms with Crippen LogP contribution in [-0.2, 0) is 13.0 Å². The topological polar surface area (TPSA) is 30.7 Å². The van der Waals surface area contributed by atoms with Gasteiger partial charge in [0, 0.05) is 25.7 Å². The molecule has 3 nitrogen and oxygen atoms in total. The number of hydrogen-bond acceptors (Lipinski definition) is 2. The van der Waals surface area contributed by atoms with Crippen LogP contribution in [0.1, 0.15) is 12.5 Å². The molecule has 0 fully saturated rings. The van der Waals surface area contributed by atoms with Crippen molar-refractivity contribution in [1.29, 1.82) is 0 Å². The number of pyridine rings is 1. The number of hydrogen-bond donors (Lipinski definition) is 0. The largest absolute Gasteiger partial charge is 0.318 e. The van der Waals surface area contributed by atoms with Crippen molar-refractivity contribution in [2.75, 3.05) is 0 Å². The fourth-order valence-corrected chi connectivity index (χ4v) is 1.26. The summed E-state index contributed by atoms with van der Waals surface area (Å²) < 4.78 is 27.5. The first-order valence-corrected chi connectivity index (χ1v) is 4.14. The number of halogens is 2. The molecule has 0 atom stereocenters. The molecule has 0 N–H and O–H groups in total. The average molecular weight is 197 g/mol. The summed E-state index contributed by atoms with van der Waals surface area (Å²) in [5, 5.41) is 0. The minimum Gasteiger partial charge on any atom is -0.318 e. The predicted molar refractivity (Wildman–Crippen MR) is 48.1 cm³/mol. The highest BCUT2D eigenvalue weighted by Gasteiger charge is 2.25. The first-order chi connectivity index (χ1) is 6.48. The van der Waals surface area contributed by atoms with Crippen molar-refractivity contribution in [3.63, 3.8) is 0 Å². The van der Waals surface area contributed by atoms with E-state index in [0.29, 0.717) is 11.2 Å². The Hall–Kier alpha value is -1.52. The number of rotatable bonds is 1. The summed E-state index contributed by atoms with van der Waals surface area (Å²) in [7, 11) is 1.77. The zero-order valence-electron chi connectivity index (χ0n) is 7.83. The van der Waals surface area contributed by atoms with Gasteiger partial charge >= 0.3 is 0 Å². The van der Waals surface area contributed by atoms with E-state index in [1.165, 1.54) is 12.3 Å². The van der Waals surface area contributed by atoms with E-state index in [4.69, 9.17) is 0 Å². The Morgan fingerprint density at radius 2 is 2.07 bits per heavy atom. The van der Waals surface area contributed by atoms with Crippen LogP contribution in [-0.4, -0.2) is 14.5 Å². The summed E-state index contributed by atoms with van der Waals surface area (Å²) in [6.07, 6.45) is 2.74. The summed E-state index contributed by atoms with van der Waals surface area (Å²) in [4.78, 5) is 7.89. The van der Waals surface area contributed by atoms with Gasteiger partial charge in [-0.1, -0.05) is 0 Å². The van der Waals surface area contributed by atoms with E-state index in [9.17, 15) is 8.78 Å². The fourth-order valence-electron chi connectivity index (χ4n) is 1.26. The Labute approximate surface area is 79.4 Å². The van der Waals surface area contributed by atoms with Gasteiger partial charge in [-0.2, -0.15) is 0 Å². The molecule has 0 saturated carbocycles. The smallest absolute Gasteiger partial charge is 0.272 e. The standard InChI is InChI=1S/C9H9F2N3/c1-9(10,11)6-3-7-8(12-4-6)14(2)5-13-7/h3-5H,1-2H3. The summed E-state index contributed by atoms with van der Waals surface area (Å²) in [5.74, 6) is -2.86. The maximum atomic E-state index is 12.9. The molecule has 0 aliphatic carbocycles. The van der Waals surface area contributed by atoms with Crippen LogP contribution >= 0.6 is 0 Å². The molecule has 0 bridgehead atoms. The van der Waals surface area contributed by atoms with Crippen LogP contribution in [0, 0.1) is 0 Å². The SMILES string of the molecule is Cn1cnc2cc(C(C)(F)F)cnc21. The maximum absolute atomic E-state index is 12.9. The normalized spacial score (nSPS) is 12.3. The van der Waals surface area contributed by atoms with E-state index in [-0.39, 0.29) is 5.56 Å². The highest BCUT2D eigenvalue weighted by Crippen LogP contribution is 2.27. The maximum Gasteiger partial charge on any atom is 0.272 e. The third kappa shape index (κ3) is 1.34. The number of fused-ring (bicyclic) bond motifs is 1. The molecule has 0 saturated heterocycles. The molecule has 0 spiro atoms. The van der Waals surface area contributed by atoms with Crippen molar-refractivity contribution < 1.29 is 8.78 Å². The van der Waals surface area contributed by atoms with Crippen LogP contribution < -0.4 is 0 Å². The lowest BCUT2D eigenvalue weighted by Crippen LogP contribution is -2.07. The minimum atomic E-state index is -2.86. The first-order valence-electron chi connectivity index (χ1n) is 4.14. The molecule has 14 heavy (non-hydrogen) atoms. The molecule has 74 valence electrons. The third-order valence-electron chi connectivity index (χ3n) is 2.06. The summed E-state index contributed by atoms with van der Waals surface area (Å²) in [6, 6.07) is 1.36. The van der Waals surface area contributed by atoms with Gasteiger partial charge < -0.3 is 4.57 Å². The van der Waals surface area contributed by atoms with Crippen LogP contribution in [0.3, 0.4) is 0 Å². The fraction of sp³-hybridized carbons (Fsp3) is 0.333. The predicted octanol–water partition coefficient (Wildman–Crippen LogP) is 2.08. The van der Waals surface area contributed by atoms with E-state index in [1.807, 2.05) is 0 Å². The second-order valence-electron chi connectivity index (χ2n) is 3.31. The first kappa shape index (κ1) is 9.05. The van der Waals surface area contributed by atoms with Crippen LogP contribution in [0.2, 0.25) is 0 Å². The Morgan fingerprint density at radius 3 is 2.71 bits per heavy atom. The molecule has 2 heterocycles. The Bertz CT molecular complexity index is 470. The van der Waals surface area contributed by atoms with Gasteiger partial charge in [0.25, 0.3) is 5.92 Å². The second kappa shape index (κ2) is 2.73. The summed E-state index contributed by atoms with van der Waals surface area (Å²) in [6.45, 7) is 0.846. The summed E-state index contributed by atoms with van der Waals surface area (Å²) >= 11 is 0. The third-order valence-corrected chi connectivity index (χ3v) is 2.06. The molecule has 0 unspecified atom stereocenters. The number of imidazole rings is 1. The van der Waals surface area contributed by atoms with Gasteiger partial charge in [-0.05, 0) is 6.07 Å². The Morgan fingerprint density at radius 1 is 1.36 bits per heavy atom. The average Bonchev–Trinajstić information content (AvgIpc) is 2.46. The second-order valence-corrected chi connectivity index (χ2v) is 3.31. The van der Waals surface area contributed by atoms with Gasteiger partial charge in [-0.15, -0.1) is 0 Å². The minimum absolute atomic E-state index is 0.108. The molecule has 0 aliphatic heterocycles. The van der Waals surface area contributed by atoms with E-state index in [2.05, 4.69) is 9.97 Å². The van der Waals surface area contributed by atoms with Gasteiger partial charge in [0.05, 0.1) is 6.33 Å². The van der Waals surface area contributed by atoms with Crippen molar-refractivity contribution in [2.45, 2.75) is 12.8 Å². The van der Waals surface area contributed by atoms with Gasteiger partial charge in [0.15, 0.2) is 5.65 Å². The monoisotopic (exact) mass is 197 g/mol. The zero-order chi connectivity index (χ0) is 10.3. The molecular formula is C9H9F2N3. The summed E-state index contributed by atoms with van der Waals surface area (Å²) in [5.41, 5.74) is 0.994. The molecular weight excluding hydrogens is 188 g/mol. The molecule has 2 aromatic rings. The highest BCUT2D eigenvalue weighted by atomic mass is 19.3. The van der Waals surface area contributed by atoms with Gasteiger partial charge in [-0.3, -0.25) is 0 Å². The van der Waals surface area contributed by atoms with Crippen LogP contribution in [0.5, 0.6) is 0 Å². The molecule has 5 heteroatoms. The molecule has 0 radical (unpaired) electrons. The zero-order valence-corrected chi connectivity index (χ0v) is 7.83. The number of nitrogens with zero attached hydrogens (tertiary/aromatic N) is 3. The lowest BCUT2D eigenvalue weighted by atomic mass is 10.2. The number of aromatic nitrogens is 3. The molecule has 0 amide bonds. The molecule has 0 aromatic carbocycles. The van der Waals surface area contributed by atoms with Crippen LogP contribution in [0.15, 0.2) is 18.6 Å². The van der Waals surface area contributed by atoms with Crippen molar-refractivity contribution in [1.82, 2.24) is 14.5 Å². The van der Waals surface area contributed by atoms with E-state index < -0.39 is 5.92 Å². The van der Waals surface area contributed by atoms with Crippen LogP contribution in [0.4, 0.5) is 8.78 Å². The van der Waals surface area contributed by atoms with E-state index >= 15 is 0 Å². The van der Waals surface area contributed by atoms with E-state index in [0.717, 1.165) is 6.92 Å². The molecule has 0 aliphatic rings. The molecule has 2 aromatic heterocycles. The lowest BCUT2D eigenvalue weighted by molar-refractivity contribution is 0.0173.